The molecule has 0 aromatic heterocycles. The summed E-state index contributed by atoms with van der Waals surface area (Å²) in [5.41, 5.74) is 2.13. The molecule has 1 aliphatic carbocycles. The first-order valence-electron chi connectivity index (χ1n) is 9.76. The third kappa shape index (κ3) is 4.23. The Labute approximate surface area is 151 Å². The number of para-hydroxylation sites is 1. The largest absolute Gasteiger partial charge is 0.353 e. The van der Waals surface area contributed by atoms with Crippen LogP contribution in [-0.4, -0.2) is 24.4 Å². The van der Waals surface area contributed by atoms with Crippen molar-refractivity contribution in [3.8, 4) is 0 Å². The van der Waals surface area contributed by atoms with Gasteiger partial charge in [-0.2, -0.15) is 0 Å². The fourth-order valence-electron chi connectivity index (χ4n) is 4.08. The van der Waals surface area contributed by atoms with Gasteiger partial charge in [-0.05, 0) is 30.4 Å². The standard InChI is InChI=1S/C21H30N2O2/c1-15(2)18-11-7-8-12-19(18)23-14-16(13-20(23)24)21(25)22-17-9-5-3-4-6-10-17/h7-8,11-12,15-17H,3-6,9-10,13-14H2,1-2H3,(H,22,25). The van der Waals surface area contributed by atoms with Crippen molar-refractivity contribution < 1.29 is 9.59 Å². The van der Waals surface area contributed by atoms with E-state index in [1.807, 2.05) is 23.1 Å². The number of carbonyl (C=O) groups excluding carboxylic acids is 2. The van der Waals surface area contributed by atoms with Crippen LogP contribution in [0, 0.1) is 5.92 Å². The number of rotatable bonds is 4. The van der Waals surface area contributed by atoms with E-state index in [1.165, 1.54) is 31.2 Å². The molecule has 25 heavy (non-hydrogen) atoms. The molecule has 0 bridgehead atoms. The molecule has 0 spiro atoms. The Hall–Kier alpha value is -1.84. The molecule has 136 valence electrons. The van der Waals surface area contributed by atoms with Crippen molar-refractivity contribution in [3.63, 3.8) is 0 Å². The number of hydrogen-bond acceptors (Lipinski definition) is 2. The van der Waals surface area contributed by atoms with E-state index in [9.17, 15) is 9.59 Å². The smallest absolute Gasteiger partial charge is 0.227 e. The normalized spacial score (nSPS) is 22.3. The molecule has 2 aliphatic rings. The molecule has 4 nitrogen and oxygen atoms in total. The molecule has 1 unspecified atom stereocenters. The lowest BCUT2D eigenvalue weighted by Gasteiger charge is -2.22. The van der Waals surface area contributed by atoms with Crippen LogP contribution in [0.25, 0.3) is 0 Å². The van der Waals surface area contributed by atoms with Crippen LogP contribution in [0.3, 0.4) is 0 Å². The predicted octanol–water partition coefficient (Wildman–Crippen LogP) is 4.00. The fourth-order valence-corrected chi connectivity index (χ4v) is 4.08. The van der Waals surface area contributed by atoms with Crippen LogP contribution in [0.1, 0.15) is 70.3 Å². The number of benzene rings is 1. The summed E-state index contributed by atoms with van der Waals surface area (Å²) in [6, 6.07) is 8.34. The molecule has 2 fully saturated rings. The Morgan fingerprint density at radius 2 is 1.80 bits per heavy atom. The van der Waals surface area contributed by atoms with Gasteiger partial charge in [-0.3, -0.25) is 9.59 Å². The van der Waals surface area contributed by atoms with Gasteiger partial charge in [0.1, 0.15) is 0 Å². The third-order valence-electron chi connectivity index (χ3n) is 5.55. The van der Waals surface area contributed by atoms with Crippen molar-refractivity contribution in [2.75, 3.05) is 11.4 Å². The Morgan fingerprint density at radius 3 is 2.48 bits per heavy atom. The zero-order valence-electron chi connectivity index (χ0n) is 15.5. The highest BCUT2D eigenvalue weighted by Crippen LogP contribution is 2.32. The second kappa shape index (κ2) is 8.03. The molecular formula is C21H30N2O2. The van der Waals surface area contributed by atoms with Crippen molar-refractivity contribution in [3.05, 3.63) is 29.8 Å². The Kier molecular flexibility index (Phi) is 5.77. The first kappa shape index (κ1) is 18.0. The van der Waals surface area contributed by atoms with Gasteiger partial charge in [0.15, 0.2) is 0 Å². The Morgan fingerprint density at radius 1 is 1.12 bits per heavy atom. The van der Waals surface area contributed by atoms with Gasteiger partial charge in [0.25, 0.3) is 0 Å². The van der Waals surface area contributed by atoms with Gasteiger partial charge in [0, 0.05) is 24.7 Å². The van der Waals surface area contributed by atoms with Gasteiger partial charge >= 0.3 is 0 Å². The molecule has 1 atom stereocenters. The summed E-state index contributed by atoms with van der Waals surface area (Å²) in [6.07, 6.45) is 7.41. The maximum absolute atomic E-state index is 12.7. The number of nitrogens with zero attached hydrogens (tertiary/aromatic N) is 1. The van der Waals surface area contributed by atoms with E-state index in [0.717, 1.165) is 18.5 Å². The number of anilines is 1. The summed E-state index contributed by atoms with van der Waals surface area (Å²) in [7, 11) is 0. The van der Waals surface area contributed by atoms with Gasteiger partial charge in [0.05, 0.1) is 5.92 Å². The highest BCUT2D eigenvalue weighted by atomic mass is 16.2. The molecule has 1 heterocycles. The number of hydrogen-bond donors (Lipinski definition) is 1. The second-order valence-corrected chi connectivity index (χ2v) is 7.82. The summed E-state index contributed by atoms with van der Waals surface area (Å²) in [5, 5.41) is 3.21. The Bertz CT molecular complexity index is 618. The van der Waals surface area contributed by atoms with Crippen LogP contribution in [-0.2, 0) is 9.59 Å². The quantitative estimate of drug-likeness (QED) is 0.841. The monoisotopic (exact) mass is 342 g/mol. The minimum Gasteiger partial charge on any atom is -0.353 e. The minimum atomic E-state index is -0.226. The van der Waals surface area contributed by atoms with Gasteiger partial charge in [-0.1, -0.05) is 57.7 Å². The molecule has 1 aromatic carbocycles. The molecule has 1 saturated heterocycles. The molecule has 1 saturated carbocycles. The SMILES string of the molecule is CC(C)c1ccccc1N1CC(C(=O)NC2CCCCCC2)CC1=O. The van der Waals surface area contributed by atoms with Crippen LogP contribution >= 0.6 is 0 Å². The maximum atomic E-state index is 12.7. The van der Waals surface area contributed by atoms with E-state index in [2.05, 4.69) is 25.2 Å². The van der Waals surface area contributed by atoms with Crippen molar-refractivity contribution in [2.45, 2.75) is 70.8 Å². The number of carbonyl (C=O) groups is 2. The number of nitrogens with one attached hydrogen (secondary N) is 1. The highest BCUT2D eigenvalue weighted by molar-refractivity contribution is 6.00. The van der Waals surface area contributed by atoms with E-state index in [-0.39, 0.29) is 17.7 Å². The van der Waals surface area contributed by atoms with E-state index in [4.69, 9.17) is 0 Å². The first-order valence-corrected chi connectivity index (χ1v) is 9.76. The van der Waals surface area contributed by atoms with Crippen molar-refractivity contribution in [2.24, 2.45) is 5.92 Å². The molecule has 1 N–H and O–H groups in total. The van der Waals surface area contributed by atoms with Crippen LogP contribution in [0.15, 0.2) is 24.3 Å². The molecule has 1 aliphatic heterocycles. The first-order chi connectivity index (χ1) is 12.1. The van der Waals surface area contributed by atoms with Gasteiger partial charge in [0.2, 0.25) is 11.8 Å². The summed E-state index contributed by atoms with van der Waals surface area (Å²) in [5.74, 6) is 0.248. The lowest BCUT2D eigenvalue weighted by atomic mass is 10.0. The molecule has 3 rings (SSSR count). The minimum absolute atomic E-state index is 0.0600. The van der Waals surface area contributed by atoms with E-state index in [1.54, 1.807) is 0 Å². The molecule has 1 aromatic rings. The lowest BCUT2D eigenvalue weighted by Crippen LogP contribution is -2.39. The van der Waals surface area contributed by atoms with Crippen LogP contribution in [0.5, 0.6) is 0 Å². The van der Waals surface area contributed by atoms with Gasteiger partial charge < -0.3 is 10.2 Å². The summed E-state index contributed by atoms with van der Waals surface area (Å²) in [6.45, 7) is 4.77. The predicted molar refractivity (Wildman–Crippen MR) is 101 cm³/mol. The molecule has 2 amide bonds. The summed E-state index contributed by atoms with van der Waals surface area (Å²) >= 11 is 0. The van der Waals surface area contributed by atoms with Crippen molar-refractivity contribution >= 4 is 17.5 Å². The zero-order valence-corrected chi connectivity index (χ0v) is 15.5. The highest BCUT2D eigenvalue weighted by Gasteiger charge is 2.36. The van der Waals surface area contributed by atoms with E-state index >= 15 is 0 Å². The average molecular weight is 342 g/mol. The lowest BCUT2D eigenvalue weighted by molar-refractivity contribution is -0.127. The maximum Gasteiger partial charge on any atom is 0.227 e. The second-order valence-electron chi connectivity index (χ2n) is 7.82. The van der Waals surface area contributed by atoms with Crippen molar-refractivity contribution in [1.29, 1.82) is 0 Å². The van der Waals surface area contributed by atoms with E-state index in [0.29, 0.717) is 24.9 Å². The summed E-state index contributed by atoms with van der Waals surface area (Å²) < 4.78 is 0. The average Bonchev–Trinajstić information content (AvgIpc) is 2.81. The Balaban J connectivity index is 1.67. The van der Waals surface area contributed by atoms with Crippen molar-refractivity contribution in [1.82, 2.24) is 5.32 Å². The molecular weight excluding hydrogens is 312 g/mol. The fraction of sp³-hybridized carbons (Fsp3) is 0.619. The summed E-state index contributed by atoms with van der Waals surface area (Å²) in [4.78, 5) is 27.0. The topological polar surface area (TPSA) is 49.4 Å². The van der Waals surface area contributed by atoms with Gasteiger partial charge in [-0.15, -0.1) is 0 Å². The third-order valence-corrected chi connectivity index (χ3v) is 5.55. The van der Waals surface area contributed by atoms with Gasteiger partial charge in [-0.25, -0.2) is 0 Å². The zero-order chi connectivity index (χ0) is 17.8. The van der Waals surface area contributed by atoms with E-state index < -0.39 is 0 Å². The van der Waals surface area contributed by atoms with Crippen LogP contribution in [0.2, 0.25) is 0 Å². The molecule has 0 radical (unpaired) electrons. The number of amides is 2. The van der Waals surface area contributed by atoms with Crippen LogP contribution in [0.4, 0.5) is 5.69 Å². The molecule has 4 heteroatoms. The van der Waals surface area contributed by atoms with Crippen LogP contribution < -0.4 is 10.2 Å².